The quantitative estimate of drug-likeness (QED) is 0.556. The highest BCUT2D eigenvalue weighted by Gasteiger charge is 2.42. The number of benzene rings is 2. The Hall–Kier alpha value is -3.41. The second-order valence-corrected chi connectivity index (χ2v) is 6.80. The van der Waals surface area contributed by atoms with Gasteiger partial charge in [0.1, 0.15) is 0 Å². The van der Waals surface area contributed by atoms with Gasteiger partial charge in [-0.05, 0) is 49.7 Å². The minimum Gasteiger partial charge on any atom is -0.462 e. The number of carbonyl (C=O) groups is 3. The molecule has 3 aromatic rings. The van der Waals surface area contributed by atoms with E-state index in [1.807, 2.05) is 31.2 Å². The van der Waals surface area contributed by atoms with Gasteiger partial charge in [0.25, 0.3) is 0 Å². The number of H-pyrrole nitrogens is 1. The highest BCUT2D eigenvalue weighted by molar-refractivity contribution is 6.23. The summed E-state index contributed by atoms with van der Waals surface area (Å²) in [4.78, 5) is 42.1. The second-order valence-electron chi connectivity index (χ2n) is 6.80. The lowest BCUT2D eigenvalue weighted by Gasteiger charge is -2.16. The highest BCUT2D eigenvalue weighted by Crippen LogP contribution is 2.38. The molecule has 0 saturated carbocycles. The molecule has 6 heteroatoms. The van der Waals surface area contributed by atoms with Gasteiger partial charge < -0.3 is 9.72 Å². The molecular formula is C22H20N2O4. The maximum atomic E-state index is 13.1. The maximum absolute atomic E-state index is 13.1. The fourth-order valence-corrected chi connectivity index (χ4v) is 3.84. The summed E-state index contributed by atoms with van der Waals surface area (Å²) in [6, 6.07) is 14.1. The van der Waals surface area contributed by atoms with Crippen LogP contribution in [0.3, 0.4) is 0 Å². The average molecular weight is 376 g/mol. The number of nitrogens with zero attached hydrogens (tertiary/aromatic N) is 1. The van der Waals surface area contributed by atoms with Crippen molar-refractivity contribution in [3.05, 3.63) is 65.4 Å². The van der Waals surface area contributed by atoms with Gasteiger partial charge in [-0.1, -0.05) is 18.2 Å². The van der Waals surface area contributed by atoms with Gasteiger partial charge in [0.15, 0.2) is 0 Å². The van der Waals surface area contributed by atoms with Crippen LogP contribution in [0.5, 0.6) is 0 Å². The Morgan fingerprint density at radius 1 is 1.14 bits per heavy atom. The molecule has 1 aliphatic heterocycles. The number of fused-ring (bicyclic) bond motifs is 1. The lowest BCUT2D eigenvalue weighted by atomic mass is 9.94. The number of rotatable bonds is 4. The van der Waals surface area contributed by atoms with Crippen LogP contribution in [0, 0.1) is 6.92 Å². The second kappa shape index (κ2) is 6.96. The van der Waals surface area contributed by atoms with Gasteiger partial charge in [-0.2, -0.15) is 0 Å². The summed E-state index contributed by atoms with van der Waals surface area (Å²) in [5, 5.41) is 0.964. The van der Waals surface area contributed by atoms with Crippen LogP contribution in [0.2, 0.25) is 0 Å². The first-order chi connectivity index (χ1) is 13.5. The molecule has 1 aliphatic rings. The Balaban J connectivity index is 1.66. The molecule has 1 atom stereocenters. The minimum absolute atomic E-state index is 0.126. The molecule has 0 bridgehead atoms. The van der Waals surface area contributed by atoms with Gasteiger partial charge in [-0.25, -0.2) is 4.79 Å². The third kappa shape index (κ3) is 2.87. The summed E-state index contributed by atoms with van der Waals surface area (Å²) in [6.07, 6.45) is 0.126. The van der Waals surface area contributed by atoms with Crippen molar-refractivity contribution in [2.24, 2.45) is 0 Å². The van der Waals surface area contributed by atoms with Crippen molar-refractivity contribution >= 4 is 34.4 Å². The smallest absolute Gasteiger partial charge is 0.338 e. The number of hydrogen-bond acceptors (Lipinski definition) is 4. The molecule has 1 unspecified atom stereocenters. The number of anilines is 1. The van der Waals surface area contributed by atoms with Crippen LogP contribution in [0.4, 0.5) is 5.69 Å². The third-order valence-electron chi connectivity index (χ3n) is 5.08. The van der Waals surface area contributed by atoms with E-state index in [1.54, 1.807) is 31.2 Å². The molecule has 0 radical (unpaired) electrons. The first-order valence-corrected chi connectivity index (χ1v) is 9.22. The van der Waals surface area contributed by atoms with Crippen molar-refractivity contribution < 1.29 is 19.1 Å². The van der Waals surface area contributed by atoms with E-state index in [0.29, 0.717) is 11.3 Å². The zero-order valence-electron chi connectivity index (χ0n) is 15.7. The molecule has 142 valence electrons. The molecule has 1 aromatic heterocycles. The summed E-state index contributed by atoms with van der Waals surface area (Å²) in [7, 11) is 0. The van der Waals surface area contributed by atoms with Crippen LogP contribution in [0.25, 0.3) is 10.9 Å². The molecule has 1 N–H and O–H groups in total. The first kappa shape index (κ1) is 18.0. The number of carbonyl (C=O) groups excluding carboxylic acids is 3. The van der Waals surface area contributed by atoms with Gasteiger partial charge in [-0.3, -0.25) is 14.5 Å². The van der Waals surface area contributed by atoms with Crippen LogP contribution < -0.4 is 4.90 Å². The van der Waals surface area contributed by atoms with Crippen LogP contribution in [0.1, 0.15) is 40.9 Å². The predicted octanol–water partition coefficient (Wildman–Crippen LogP) is 3.70. The molecule has 0 spiro atoms. The summed E-state index contributed by atoms with van der Waals surface area (Å²) >= 11 is 0. The van der Waals surface area contributed by atoms with E-state index in [-0.39, 0.29) is 24.8 Å². The van der Waals surface area contributed by atoms with Crippen LogP contribution >= 0.6 is 0 Å². The number of amides is 2. The Morgan fingerprint density at radius 2 is 1.86 bits per heavy atom. The SMILES string of the molecule is CCOC(=O)c1ccc(N2C(=O)CC(c3c(C)[nH]c4ccccc34)C2=O)cc1. The first-order valence-electron chi connectivity index (χ1n) is 9.22. The van der Waals surface area contributed by atoms with E-state index in [1.165, 1.54) is 4.90 Å². The number of imide groups is 1. The Labute approximate surface area is 162 Å². The molecule has 6 nitrogen and oxygen atoms in total. The van der Waals surface area contributed by atoms with E-state index in [9.17, 15) is 14.4 Å². The standard InChI is InChI=1S/C22H20N2O4/c1-3-28-22(27)14-8-10-15(11-9-14)24-19(25)12-17(21(24)26)20-13(2)23-18-7-5-4-6-16(18)20/h4-11,17,23H,3,12H2,1-2H3. The molecule has 2 amide bonds. The molecule has 0 aliphatic carbocycles. The van der Waals surface area contributed by atoms with E-state index in [2.05, 4.69) is 4.98 Å². The van der Waals surface area contributed by atoms with Crippen LogP contribution in [-0.2, 0) is 14.3 Å². The number of esters is 1. The van der Waals surface area contributed by atoms with E-state index >= 15 is 0 Å². The number of hydrogen-bond donors (Lipinski definition) is 1. The molecule has 2 aromatic carbocycles. The van der Waals surface area contributed by atoms with Gasteiger partial charge in [-0.15, -0.1) is 0 Å². The molecule has 2 heterocycles. The zero-order valence-corrected chi connectivity index (χ0v) is 15.7. The van der Waals surface area contributed by atoms with Crippen molar-refractivity contribution in [2.45, 2.75) is 26.2 Å². The summed E-state index contributed by atoms with van der Waals surface area (Å²) in [6.45, 7) is 3.94. The van der Waals surface area contributed by atoms with Crippen molar-refractivity contribution in [1.29, 1.82) is 0 Å². The van der Waals surface area contributed by atoms with Crippen molar-refractivity contribution in [1.82, 2.24) is 4.98 Å². The number of ether oxygens (including phenoxy) is 1. The number of aryl methyl sites for hydroxylation is 1. The van der Waals surface area contributed by atoms with Crippen LogP contribution in [-0.4, -0.2) is 29.4 Å². The third-order valence-corrected chi connectivity index (χ3v) is 5.08. The number of aromatic amines is 1. The van der Waals surface area contributed by atoms with Crippen molar-refractivity contribution in [3.8, 4) is 0 Å². The predicted molar refractivity (Wildman–Crippen MR) is 105 cm³/mol. The van der Waals surface area contributed by atoms with Crippen molar-refractivity contribution in [2.75, 3.05) is 11.5 Å². The van der Waals surface area contributed by atoms with Crippen LogP contribution in [0.15, 0.2) is 48.5 Å². The molecular weight excluding hydrogens is 356 g/mol. The van der Waals surface area contributed by atoms with E-state index in [0.717, 1.165) is 22.2 Å². The molecule has 4 rings (SSSR count). The lowest BCUT2D eigenvalue weighted by Crippen LogP contribution is -2.30. The molecule has 1 fully saturated rings. The lowest BCUT2D eigenvalue weighted by molar-refractivity contribution is -0.121. The fourth-order valence-electron chi connectivity index (χ4n) is 3.84. The Morgan fingerprint density at radius 3 is 2.57 bits per heavy atom. The number of aromatic nitrogens is 1. The normalized spacial score (nSPS) is 16.8. The summed E-state index contributed by atoms with van der Waals surface area (Å²) < 4.78 is 4.97. The topological polar surface area (TPSA) is 79.5 Å². The van der Waals surface area contributed by atoms with Gasteiger partial charge >= 0.3 is 5.97 Å². The van der Waals surface area contributed by atoms with Gasteiger partial charge in [0, 0.05) is 23.0 Å². The van der Waals surface area contributed by atoms with E-state index < -0.39 is 11.9 Å². The van der Waals surface area contributed by atoms with Gasteiger partial charge in [0.2, 0.25) is 11.8 Å². The highest BCUT2D eigenvalue weighted by atomic mass is 16.5. The Kier molecular flexibility index (Phi) is 4.47. The molecule has 28 heavy (non-hydrogen) atoms. The minimum atomic E-state index is -0.520. The summed E-state index contributed by atoms with van der Waals surface area (Å²) in [5.74, 6) is -1.45. The average Bonchev–Trinajstić information content (AvgIpc) is 3.17. The Bertz CT molecular complexity index is 1080. The number of para-hydroxylation sites is 1. The number of nitrogens with one attached hydrogen (secondary N) is 1. The maximum Gasteiger partial charge on any atom is 0.338 e. The van der Waals surface area contributed by atoms with Gasteiger partial charge in [0.05, 0.1) is 23.8 Å². The molecule has 1 saturated heterocycles. The van der Waals surface area contributed by atoms with E-state index in [4.69, 9.17) is 4.74 Å². The fraction of sp³-hybridized carbons (Fsp3) is 0.227. The zero-order chi connectivity index (χ0) is 19.8. The summed E-state index contributed by atoms with van der Waals surface area (Å²) in [5.41, 5.74) is 3.57. The largest absolute Gasteiger partial charge is 0.462 e. The van der Waals surface area contributed by atoms with Crippen molar-refractivity contribution in [3.63, 3.8) is 0 Å². The monoisotopic (exact) mass is 376 g/mol.